The lowest BCUT2D eigenvalue weighted by molar-refractivity contribution is 0.351. The highest BCUT2D eigenvalue weighted by Crippen LogP contribution is 2.31. The van der Waals surface area contributed by atoms with Gasteiger partial charge in [-0.2, -0.15) is 0 Å². The lowest BCUT2D eigenvalue weighted by Crippen LogP contribution is -1.96. The predicted molar refractivity (Wildman–Crippen MR) is 90.5 cm³/mol. The lowest BCUT2D eigenvalue weighted by atomic mass is 10.0. The van der Waals surface area contributed by atoms with Gasteiger partial charge in [0, 0.05) is 0 Å². The van der Waals surface area contributed by atoms with E-state index in [1.54, 1.807) is 14.2 Å². The third-order valence-corrected chi connectivity index (χ3v) is 4.03. The van der Waals surface area contributed by atoms with Gasteiger partial charge in [0.25, 0.3) is 0 Å². The number of para-hydroxylation sites is 1. The number of unbranched alkanes of at least 4 members (excludes halogenated alkanes) is 8. The summed E-state index contributed by atoms with van der Waals surface area (Å²) in [6.07, 6.45) is 13.3. The lowest BCUT2D eigenvalue weighted by Gasteiger charge is -2.12. The molecule has 1 rings (SSSR count). The van der Waals surface area contributed by atoms with Crippen molar-refractivity contribution in [3.8, 4) is 11.5 Å². The van der Waals surface area contributed by atoms with Crippen LogP contribution in [0.5, 0.6) is 11.5 Å². The van der Waals surface area contributed by atoms with E-state index in [2.05, 4.69) is 13.0 Å². The van der Waals surface area contributed by atoms with Gasteiger partial charge in [0.15, 0.2) is 11.5 Å². The molecule has 1 aromatic carbocycles. The molecule has 2 nitrogen and oxygen atoms in total. The van der Waals surface area contributed by atoms with Crippen LogP contribution in [0.25, 0.3) is 0 Å². The summed E-state index contributed by atoms with van der Waals surface area (Å²) in [5.41, 5.74) is 1.26. The van der Waals surface area contributed by atoms with Crippen molar-refractivity contribution >= 4 is 0 Å². The first-order valence-corrected chi connectivity index (χ1v) is 8.53. The summed E-state index contributed by atoms with van der Waals surface area (Å²) in [4.78, 5) is 0. The van der Waals surface area contributed by atoms with Crippen molar-refractivity contribution in [2.24, 2.45) is 0 Å². The Labute approximate surface area is 130 Å². The van der Waals surface area contributed by atoms with Crippen molar-refractivity contribution in [3.05, 3.63) is 23.8 Å². The molecule has 0 amide bonds. The van der Waals surface area contributed by atoms with Crippen LogP contribution in [0.3, 0.4) is 0 Å². The minimum atomic E-state index is 0.839. The fourth-order valence-electron chi connectivity index (χ4n) is 2.78. The van der Waals surface area contributed by atoms with Crippen molar-refractivity contribution < 1.29 is 9.47 Å². The van der Waals surface area contributed by atoms with Gasteiger partial charge in [-0.25, -0.2) is 0 Å². The summed E-state index contributed by atoms with van der Waals surface area (Å²) in [5.74, 6) is 1.74. The molecule has 0 fully saturated rings. The Bertz CT molecular complexity index is 374. The zero-order chi connectivity index (χ0) is 15.3. The number of rotatable bonds is 12. The smallest absolute Gasteiger partial charge is 0.163 e. The molecule has 0 aromatic heterocycles. The Morgan fingerprint density at radius 2 is 1.38 bits per heavy atom. The third-order valence-electron chi connectivity index (χ3n) is 4.03. The van der Waals surface area contributed by atoms with Crippen LogP contribution in [-0.2, 0) is 6.42 Å². The van der Waals surface area contributed by atoms with Crippen LogP contribution in [0.1, 0.15) is 70.3 Å². The summed E-state index contributed by atoms with van der Waals surface area (Å²) in [5, 5.41) is 0. The fourth-order valence-corrected chi connectivity index (χ4v) is 2.78. The van der Waals surface area contributed by atoms with Gasteiger partial charge in [0.1, 0.15) is 0 Å². The van der Waals surface area contributed by atoms with E-state index in [0.717, 1.165) is 17.9 Å². The molecule has 0 unspecified atom stereocenters. The normalized spacial score (nSPS) is 10.6. The van der Waals surface area contributed by atoms with Gasteiger partial charge in [-0.05, 0) is 24.5 Å². The first-order chi connectivity index (χ1) is 10.3. The van der Waals surface area contributed by atoms with Crippen LogP contribution < -0.4 is 9.47 Å². The Balaban J connectivity index is 2.18. The van der Waals surface area contributed by atoms with Crippen LogP contribution in [0, 0.1) is 0 Å². The number of methoxy groups -OCH3 is 2. The maximum Gasteiger partial charge on any atom is 0.163 e. The van der Waals surface area contributed by atoms with E-state index in [9.17, 15) is 0 Å². The number of hydrogen-bond acceptors (Lipinski definition) is 2. The largest absolute Gasteiger partial charge is 0.493 e. The van der Waals surface area contributed by atoms with Crippen LogP contribution in [0.4, 0.5) is 0 Å². The Kier molecular flexibility index (Phi) is 9.77. The molecule has 0 aliphatic heterocycles. The monoisotopic (exact) mass is 292 g/mol. The second kappa shape index (κ2) is 11.5. The van der Waals surface area contributed by atoms with Gasteiger partial charge < -0.3 is 9.47 Å². The summed E-state index contributed by atoms with van der Waals surface area (Å²) in [7, 11) is 3.41. The molecule has 0 heterocycles. The highest BCUT2D eigenvalue weighted by Gasteiger charge is 2.08. The van der Waals surface area contributed by atoms with Gasteiger partial charge in [-0.15, -0.1) is 0 Å². The van der Waals surface area contributed by atoms with E-state index >= 15 is 0 Å². The van der Waals surface area contributed by atoms with Crippen LogP contribution in [0.15, 0.2) is 18.2 Å². The molecular formula is C19H32O2. The maximum atomic E-state index is 5.48. The van der Waals surface area contributed by atoms with E-state index in [4.69, 9.17) is 9.47 Å². The standard InChI is InChI=1S/C19H32O2/c1-4-5-6-7-8-9-10-11-12-14-17-15-13-16-18(20-2)19(17)21-3/h13,15-16H,4-12,14H2,1-3H3. The molecule has 0 N–H and O–H groups in total. The highest BCUT2D eigenvalue weighted by atomic mass is 16.5. The summed E-state index contributed by atoms with van der Waals surface area (Å²) < 4.78 is 10.8. The van der Waals surface area contributed by atoms with Crippen molar-refractivity contribution in [3.63, 3.8) is 0 Å². The maximum absolute atomic E-state index is 5.48. The first kappa shape index (κ1) is 17.9. The average Bonchev–Trinajstić information content (AvgIpc) is 2.52. The molecule has 21 heavy (non-hydrogen) atoms. The van der Waals surface area contributed by atoms with Crippen molar-refractivity contribution in [1.82, 2.24) is 0 Å². The second-order valence-electron chi connectivity index (χ2n) is 5.73. The molecule has 0 aliphatic rings. The average molecular weight is 292 g/mol. The summed E-state index contributed by atoms with van der Waals surface area (Å²) >= 11 is 0. The van der Waals surface area contributed by atoms with Crippen LogP contribution >= 0.6 is 0 Å². The van der Waals surface area contributed by atoms with E-state index in [1.165, 1.54) is 63.4 Å². The molecule has 1 aromatic rings. The molecule has 0 radical (unpaired) electrons. The molecule has 0 atom stereocenters. The van der Waals surface area contributed by atoms with Gasteiger partial charge in [0.05, 0.1) is 14.2 Å². The molecule has 0 saturated heterocycles. The second-order valence-corrected chi connectivity index (χ2v) is 5.73. The van der Waals surface area contributed by atoms with Crippen molar-refractivity contribution in [2.75, 3.05) is 14.2 Å². The van der Waals surface area contributed by atoms with E-state index in [0.29, 0.717) is 0 Å². The Hall–Kier alpha value is -1.18. The predicted octanol–water partition coefficient (Wildman–Crippen LogP) is 5.78. The Morgan fingerprint density at radius 1 is 0.762 bits per heavy atom. The highest BCUT2D eigenvalue weighted by molar-refractivity contribution is 5.46. The first-order valence-electron chi connectivity index (χ1n) is 8.53. The van der Waals surface area contributed by atoms with Gasteiger partial charge in [-0.3, -0.25) is 0 Å². The van der Waals surface area contributed by atoms with E-state index in [-0.39, 0.29) is 0 Å². The number of aryl methyl sites for hydroxylation is 1. The number of ether oxygens (including phenoxy) is 2. The van der Waals surface area contributed by atoms with Crippen LogP contribution in [0.2, 0.25) is 0 Å². The summed E-state index contributed by atoms with van der Waals surface area (Å²) in [6.45, 7) is 2.27. The molecule has 0 saturated carbocycles. The molecule has 120 valence electrons. The molecule has 0 aliphatic carbocycles. The van der Waals surface area contributed by atoms with E-state index in [1.807, 2.05) is 12.1 Å². The minimum absolute atomic E-state index is 0.839. The molecule has 2 heteroatoms. The summed E-state index contributed by atoms with van der Waals surface area (Å²) in [6, 6.07) is 6.15. The zero-order valence-electron chi connectivity index (χ0n) is 14.1. The molecule has 0 bridgehead atoms. The van der Waals surface area contributed by atoms with Gasteiger partial charge in [-0.1, -0.05) is 70.4 Å². The molecular weight excluding hydrogens is 260 g/mol. The topological polar surface area (TPSA) is 18.5 Å². The van der Waals surface area contributed by atoms with Gasteiger partial charge in [0.2, 0.25) is 0 Å². The van der Waals surface area contributed by atoms with Crippen molar-refractivity contribution in [2.45, 2.75) is 71.1 Å². The van der Waals surface area contributed by atoms with Crippen molar-refractivity contribution in [1.29, 1.82) is 0 Å². The fraction of sp³-hybridized carbons (Fsp3) is 0.684. The quantitative estimate of drug-likeness (QED) is 0.455. The Morgan fingerprint density at radius 3 is 1.95 bits per heavy atom. The van der Waals surface area contributed by atoms with Gasteiger partial charge >= 0.3 is 0 Å². The third kappa shape index (κ3) is 6.88. The SMILES string of the molecule is CCCCCCCCCCCc1cccc(OC)c1OC. The zero-order valence-corrected chi connectivity index (χ0v) is 14.1. The number of benzene rings is 1. The minimum Gasteiger partial charge on any atom is -0.493 e. The molecule has 0 spiro atoms. The number of hydrogen-bond donors (Lipinski definition) is 0. The van der Waals surface area contributed by atoms with E-state index < -0.39 is 0 Å². The van der Waals surface area contributed by atoms with Crippen LogP contribution in [-0.4, -0.2) is 14.2 Å².